The molecule has 0 amide bonds. The quantitative estimate of drug-likeness (QED) is 0.889. The van der Waals surface area contributed by atoms with E-state index in [1.165, 1.54) is 29.9 Å². The molecule has 1 N–H and O–H groups in total. The predicted molar refractivity (Wildman–Crippen MR) is 85.3 cm³/mol. The standard InChI is InChI=1S/C16H21N3OS/c1-2-4-13(5-3-1)10-15-18-16(20-19-15)12-17-11-14-6-8-21-9-7-14/h1-5,14,17H,6-12H2. The number of benzene rings is 1. The van der Waals surface area contributed by atoms with E-state index in [1.54, 1.807) is 0 Å². The minimum Gasteiger partial charge on any atom is -0.338 e. The predicted octanol–water partition coefficient (Wildman–Crippen LogP) is 2.89. The molecule has 0 atom stereocenters. The van der Waals surface area contributed by atoms with Gasteiger partial charge in [-0.25, -0.2) is 0 Å². The molecule has 0 aliphatic carbocycles. The second-order valence-corrected chi connectivity index (χ2v) is 6.68. The second-order valence-electron chi connectivity index (χ2n) is 5.45. The van der Waals surface area contributed by atoms with Crippen LogP contribution in [-0.2, 0) is 13.0 Å². The fraction of sp³-hybridized carbons (Fsp3) is 0.500. The van der Waals surface area contributed by atoms with Gasteiger partial charge in [-0.3, -0.25) is 0 Å². The Hall–Kier alpha value is -1.33. The Bertz CT molecular complexity index is 537. The third kappa shape index (κ3) is 4.58. The van der Waals surface area contributed by atoms with Gasteiger partial charge < -0.3 is 9.84 Å². The van der Waals surface area contributed by atoms with Crippen LogP contribution in [0.4, 0.5) is 0 Å². The summed E-state index contributed by atoms with van der Waals surface area (Å²) in [6, 6.07) is 10.2. The molecule has 2 heterocycles. The van der Waals surface area contributed by atoms with Crippen LogP contribution in [0.25, 0.3) is 0 Å². The number of thioether (sulfide) groups is 1. The molecular weight excluding hydrogens is 282 g/mol. The van der Waals surface area contributed by atoms with E-state index in [0.717, 1.165) is 24.7 Å². The second kappa shape index (κ2) is 7.61. The SMILES string of the molecule is c1ccc(Cc2noc(CNCC3CCSCC3)n2)cc1. The Kier molecular flexibility index (Phi) is 5.29. The van der Waals surface area contributed by atoms with Crippen LogP contribution in [0.5, 0.6) is 0 Å². The molecule has 3 rings (SSSR count). The molecule has 112 valence electrons. The van der Waals surface area contributed by atoms with Crippen molar-refractivity contribution >= 4 is 11.8 Å². The highest BCUT2D eigenvalue weighted by molar-refractivity contribution is 7.99. The summed E-state index contributed by atoms with van der Waals surface area (Å²) in [5.74, 6) is 4.85. The van der Waals surface area contributed by atoms with Gasteiger partial charge in [-0.05, 0) is 42.4 Å². The topological polar surface area (TPSA) is 51.0 Å². The molecule has 1 saturated heterocycles. The van der Waals surface area contributed by atoms with E-state index in [0.29, 0.717) is 12.4 Å². The molecule has 1 fully saturated rings. The van der Waals surface area contributed by atoms with Crippen molar-refractivity contribution in [1.29, 1.82) is 0 Å². The summed E-state index contributed by atoms with van der Waals surface area (Å²) in [5, 5.41) is 7.49. The van der Waals surface area contributed by atoms with E-state index in [1.807, 2.05) is 18.2 Å². The van der Waals surface area contributed by atoms with Crippen LogP contribution in [0.3, 0.4) is 0 Å². The Morgan fingerprint density at radius 3 is 2.81 bits per heavy atom. The van der Waals surface area contributed by atoms with Crippen LogP contribution in [0.2, 0.25) is 0 Å². The summed E-state index contributed by atoms with van der Waals surface area (Å²) < 4.78 is 5.30. The molecule has 1 aromatic heterocycles. The lowest BCUT2D eigenvalue weighted by Crippen LogP contribution is -2.25. The zero-order chi connectivity index (χ0) is 14.3. The van der Waals surface area contributed by atoms with E-state index in [4.69, 9.17) is 4.52 Å². The molecule has 21 heavy (non-hydrogen) atoms. The molecule has 0 unspecified atom stereocenters. The van der Waals surface area contributed by atoms with Crippen LogP contribution in [0, 0.1) is 5.92 Å². The molecule has 2 aromatic rings. The summed E-state index contributed by atoms with van der Waals surface area (Å²) in [6.45, 7) is 1.72. The van der Waals surface area contributed by atoms with Gasteiger partial charge in [0.1, 0.15) is 0 Å². The molecule has 0 radical (unpaired) electrons. The minimum atomic E-state index is 0.672. The Balaban J connectivity index is 1.44. The van der Waals surface area contributed by atoms with Gasteiger partial charge in [0.05, 0.1) is 6.54 Å². The van der Waals surface area contributed by atoms with Crippen LogP contribution < -0.4 is 5.32 Å². The first-order chi connectivity index (χ1) is 10.4. The number of aromatic nitrogens is 2. The van der Waals surface area contributed by atoms with Crippen molar-refractivity contribution < 1.29 is 4.52 Å². The third-order valence-corrected chi connectivity index (χ3v) is 4.81. The van der Waals surface area contributed by atoms with Gasteiger partial charge in [0, 0.05) is 6.42 Å². The van der Waals surface area contributed by atoms with Crippen molar-refractivity contribution in [3.8, 4) is 0 Å². The summed E-state index contributed by atoms with van der Waals surface area (Å²) >= 11 is 2.06. The fourth-order valence-corrected chi connectivity index (χ4v) is 3.75. The maximum Gasteiger partial charge on any atom is 0.240 e. The normalized spacial score (nSPS) is 16.2. The highest BCUT2D eigenvalue weighted by Gasteiger charge is 2.13. The van der Waals surface area contributed by atoms with Gasteiger partial charge in [0.25, 0.3) is 0 Å². The van der Waals surface area contributed by atoms with Crippen molar-refractivity contribution in [2.45, 2.75) is 25.8 Å². The number of rotatable bonds is 6. The van der Waals surface area contributed by atoms with E-state index in [9.17, 15) is 0 Å². The summed E-state index contributed by atoms with van der Waals surface area (Å²) in [7, 11) is 0. The van der Waals surface area contributed by atoms with Gasteiger partial charge in [0.2, 0.25) is 5.89 Å². The fourth-order valence-electron chi connectivity index (χ4n) is 2.55. The first-order valence-corrected chi connectivity index (χ1v) is 8.69. The number of hydrogen-bond donors (Lipinski definition) is 1. The number of nitrogens with zero attached hydrogens (tertiary/aromatic N) is 2. The smallest absolute Gasteiger partial charge is 0.240 e. The van der Waals surface area contributed by atoms with Crippen LogP contribution in [-0.4, -0.2) is 28.2 Å². The maximum atomic E-state index is 5.30. The van der Waals surface area contributed by atoms with E-state index < -0.39 is 0 Å². The molecule has 4 nitrogen and oxygen atoms in total. The van der Waals surface area contributed by atoms with Crippen LogP contribution in [0.15, 0.2) is 34.9 Å². The molecule has 1 aliphatic rings. The molecule has 0 spiro atoms. The number of hydrogen-bond acceptors (Lipinski definition) is 5. The van der Waals surface area contributed by atoms with Crippen LogP contribution in [0.1, 0.15) is 30.1 Å². The monoisotopic (exact) mass is 303 g/mol. The Labute approximate surface area is 129 Å². The van der Waals surface area contributed by atoms with Gasteiger partial charge >= 0.3 is 0 Å². The average Bonchev–Trinajstić information content (AvgIpc) is 2.97. The summed E-state index contributed by atoms with van der Waals surface area (Å²) in [5.41, 5.74) is 1.21. The van der Waals surface area contributed by atoms with Gasteiger partial charge in [-0.15, -0.1) is 0 Å². The van der Waals surface area contributed by atoms with Gasteiger partial charge in [0.15, 0.2) is 5.82 Å². The Morgan fingerprint density at radius 1 is 1.19 bits per heavy atom. The molecule has 5 heteroatoms. The zero-order valence-electron chi connectivity index (χ0n) is 12.1. The largest absolute Gasteiger partial charge is 0.338 e. The Morgan fingerprint density at radius 2 is 2.00 bits per heavy atom. The average molecular weight is 303 g/mol. The van der Waals surface area contributed by atoms with Crippen molar-refractivity contribution in [3.05, 3.63) is 47.6 Å². The lowest BCUT2D eigenvalue weighted by Gasteiger charge is -2.21. The summed E-state index contributed by atoms with van der Waals surface area (Å²) in [4.78, 5) is 4.44. The maximum absolute atomic E-state index is 5.30. The van der Waals surface area contributed by atoms with Crippen molar-refractivity contribution in [1.82, 2.24) is 15.5 Å². The summed E-state index contributed by atoms with van der Waals surface area (Å²) in [6.07, 6.45) is 3.37. The third-order valence-electron chi connectivity index (χ3n) is 3.77. The minimum absolute atomic E-state index is 0.672. The molecule has 1 aromatic carbocycles. The van der Waals surface area contributed by atoms with E-state index in [2.05, 4.69) is 39.4 Å². The van der Waals surface area contributed by atoms with Gasteiger partial charge in [-0.2, -0.15) is 16.7 Å². The van der Waals surface area contributed by atoms with E-state index >= 15 is 0 Å². The highest BCUT2D eigenvalue weighted by Crippen LogP contribution is 2.21. The molecular formula is C16H21N3OS. The number of nitrogens with one attached hydrogen (secondary N) is 1. The molecule has 0 saturated carbocycles. The van der Waals surface area contributed by atoms with E-state index in [-0.39, 0.29) is 0 Å². The van der Waals surface area contributed by atoms with Crippen molar-refractivity contribution in [2.24, 2.45) is 5.92 Å². The van der Waals surface area contributed by atoms with Crippen molar-refractivity contribution in [2.75, 3.05) is 18.1 Å². The molecule has 1 aliphatic heterocycles. The first kappa shape index (κ1) is 14.6. The lowest BCUT2D eigenvalue weighted by atomic mass is 10.0. The van der Waals surface area contributed by atoms with Gasteiger partial charge in [-0.1, -0.05) is 35.5 Å². The molecule has 0 bridgehead atoms. The zero-order valence-corrected chi connectivity index (χ0v) is 12.9. The van der Waals surface area contributed by atoms with Crippen LogP contribution >= 0.6 is 11.8 Å². The highest BCUT2D eigenvalue weighted by atomic mass is 32.2. The lowest BCUT2D eigenvalue weighted by molar-refractivity contribution is 0.353. The first-order valence-electron chi connectivity index (χ1n) is 7.54. The van der Waals surface area contributed by atoms with Crippen molar-refractivity contribution in [3.63, 3.8) is 0 Å².